The van der Waals surface area contributed by atoms with Gasteiger partial charge in [-0.25, -0.2) is 8.78 Å². The average Bonchev–Trinajstić information content (AvgIpc) is 2.08. The van der Waals surface area contributed by atoms with Gasteiger partial charge in [0.25, 0.3) is 0 Å². The van der Waals surface area contributed by atoms with Crippen molar-refractivity contribution in [2.45, 2.75) is 39.2 Å². The summed E-state index contributed by atoms with van der Waals surface area (Å²) in [7, 11) is 0. The molecule has 1 rings (SSSR count). The summed E-state index contributed by atoms with van der Waals surface area (Å²) in [5, 5.41) is 10.1. The van der Waals surface area contributed by atoms with Gasteiger partial charge in [0.15, 0.2) is 11.6 Å². The van der Waals surface area contributed by atoms with Gasteiger partial charge >= 0.3 is 0 Å². The summed E-state index contributed by atoms with van der Waals surface area (Å²) in [6, 6.07) is 3.74. The van der Waals surface area contributed by atoms with Crippen LogP contribution in [0.2, 0.25) is 0 Å². The number of hydrogen-bond acceptors (Lipinski definition) is 1. The topological polar surface area (TPSA) is 20.2 Å². The molecule has 90 valence electrons. The van der Waals surface area contributed by atoms with Crippen LogP contribution < -0.4 is 0 Å². The first kappa shape index (κ1) is 13.1. The van der Waals surface area contributed by atoms with Crippen LogP contribution >= 0.6 is 0 Å². The van der Waals surface area contributed by atoms with Crippen molar-refractivity contribution in [1.82, 2.24) is 0 Å². The fourth-order valence-corrected chi connectivity index (χ4v) is 2.04. The minimum Gasteiger partial charge on any atom is -0.390 e. The lowest BCUT2D eigenvalue weighted by Crippen LogP contribution is -2.29. The van der Waals surface area contributed by atoms with Gasteiger partial charge in [-0.15, -0.1) is 0 Å². The number of hydrogen-bond donors (Lipinski definition) is 1. The van der Waals surface area contributed by atoms with E-state index in [2.05, 4.69) is 0 Å². The van der Waals surface area contributed by atoms with E-state index in [1.807, 2.05) is 13.8 Å². The summed E-state index contributed by atoms with van der Waals surface area (Å²) >= 11 is 0. The molecule has 1 nitrogen and oxygen atoms in total. The first-order valence-electron chi connectivity index (χ1n) is 5.46. The summed E-state index contributed by atoms with van der Waals surface area (Å²) in [6.07, 6.45) is 0.967. The van der Waals surface area contributed by atoms with E-state index < -0.39 is 17.2 Å². The Morgan fingerprint density at radius 2 is 1.88 bits per heavy atom. The van der Waals surface area contributed by atoms with E-state index in [1.165, 1.54) is 6.07 Å². The molecule has 1 aromatic carbocycles. The van der Waals surface area contributed by atoms with E-state index in [0.717, 1.165) is 12.1 Å². The van der Waals surface area contributed by atoms with Crippen LogP contribution in [0.15, 0.2) is 18.2 Å². The molecule has 3 heteroatoms. The maximum absolute atomic E-state index is 13.0. The van der Waals surface area contributed by atoms with E-state index >= 15 is 0 Å². The Bertz CT molecular complexity index is 359. The summed E-state index contributed by atoms with van der Waals surface area (Å²) in [6.45, 7) is 5.74. The van der Waals surface area contributed by atoms with Gasteiger partial charge in [-0.1, -0.05) is 19.9 Å². The highest BCUT2D eigenvalue weighted by atomic mass is 19.2. The summed E-state index contributed by atoms with van der Waals surface area (Å²) in [5.41, 5.74) is -0.261. The van der Waals surface area contributed by atoms with Gasteiger partial charge in [-0.3, -0.25) is 0 Å². The van der Waals surface area contributed by atoms with Crippen molar-refractivity contribution in [2.24, 2.45) is 5.92 Å². The van der Waals surface area contributed by atoms with Crippen molar-refractivity contribution >= 4 is 0 Å². The Labute approximate surface area is 95.1 Å². The molecule has 0 aromatic heterocycles. The predicted octanol–water partition coefficient (Wildman–Crippen LogP) is 3.30. The maximum atomic E-state index is 13.0. The van der Waals surface area contributed by atoms with Gasteiger partial charge in [-0.2, -0.15) is 0 Å². The molecule has 0 aliphatic carbocycles. The van der Waals surface area contributed by atoms with E-state index in [4.69, 9.17) is 0 Å². The largest absolute Gasteiger partial charge is 0.390 e. The van der Waals surface area contributed by atoms with Crippen LogP contribution in [0.3, 0.4) is 0 Å². The minimum atomic E-state index is -0.877. The van der Waals surface area contributed by atoms with Gasteiger partial charge in [0.1, 0.15) is 0 Å². The molecular weight excluding hydrogens is 210 g/mol. The van der Waals surface area contributed by atoms with Crippen molar-refractivity contribution < 1.29 is 13.9 Å². The second-order valence-electron chi connectivity index (χ2n) is 5.02. The van der Waals surface area contributed by atoms with Crippen LogP contribution in [0.25, 0.3) is 0 Å². The molecule has 1 aromatic rings. The van der Waals surface area contributed by atoms with Crippen molar-refractivity contribution in [3.05, 3.63) is 35.4 Å². The number of halogens is 2. The Balaban J connectivity index is 2.76. The Morgan fingerprint density at radius 1 is 1.25 bits per heavy atom. The summed E-state index contributed by atoms with van der Waals surface area (Å²) in [4.78, 5) is 0. The molecule has 0 heterocycles. The second kappa shape index (κ2) is 4.91. The van der Waals surface area contributed by atoms with E-state index in [0.29, 0.717) is 24.3 Å². The normalized spacial score (nSPS) is 15.2. The Kier molecular flexibility index (Phi) is 4.03. The zero-order chi connectivity index (χ0) is 12.3. The lowest BCUT2D eigenvalue weighted by atomic mass is 9.88. The molecule has 0 saturated heterocycles. The number of aliphatic hydroxyl groups is 1. The molecule has 0 fully saturated rings. The fourth-order valence-electron chi connectivity index (χ4n) is 2.04. The molecule has 16 heavy (non-hydrogen) atoms. The summed E-state index contributed by atoms with van der Waals surface area (Å²) < 4.78 is 25.7. The smallest absolute Gasteiger partial charge is 0.159 e. The van der Waals surface area contributed by atoms with Crippen LogP contribution in [0.4, 0.5) is 8.78 Å². The molecule has 1 unspecified atom stereocenters. The Morgan fingerprint density at radius 3 is 2.38 bits per heavy atom. The van der Waals surface area contributed by atoms with Gasteiger partial charge in [0.2, 0.25) is 0 Å². The molecule has 0 spiro atoms. The molecule has 0 radical (unpaired) electrons. The van der Waals surface area contributed by atoms with Crippen LogP contribution in [0.1, 0.15) is 32.8 Å². The lowest BCUT2D eigenvalue weighted by Gasteiger charge is -2.25. The van der Waals surface area contributed by atoms with Crippen molar-refractivity contribution in [3.8, 4) is 0 Å². The minimum absolute atomic E-state index is 0.336. The third kappa shape index (κ3) is 3.89. The third-order valence-corrected chi connectivity index (χ3v) is 2.42. The first-order valence-corrected chi connectivity index (χ1v) is 5.46. The molecule has 0 saturated carbocycles. The highest BCUT2D eigenvalue weighted by molar-refractivity contribution is 5.19. The SMILES string of the molecule is CC(C)CC(C)(O)Cc1ccc(F)c(F)c1. The number of rotatable bonds is 4. The fraction of sp³-hybridized carbons (Fsp3) is 0.538. The number of benzene rings is 1. The monoisotopic (exact) mass is 228 g/mol. The third-order valence-electron chi connectivity index (χ3n) is 2.42. The zero-order valence-corrected chi connectivity index (χ0v) is 9.93. The molecule has 0 aliphatic rings. The van der Waals surface area contributed by atoms with Crippen LogP contribution in [-0.4, -0.2) is 10.7 Å². The Hall–Kier alpha value is -0.960. The predicted molar refractivity (Wildman–Crippen MR) is 60.1 cm³/mol. The van der Waals surface area contributed by atoms with Gasteiger partial charge in [-0.05, 0) is 37.0 Å². The highest BCUT2D eigenvalue weighted by Gasteiger charge is 2.22. The second-order valence-corrected chi connectivity index (χ2v) is 5.02. The van der Waals surface area contributed by atoms with Crippen LogP contribution in [-0.2, 0) is 6.42 Å². The van der Waals surface area contributed by atoms with Crippen molar-refractivity contribution in [3.63, 3.8) is 0 Å². The summed E-state index contributed by atoms with van der Waals surface area (Å²) in [5.74, 6) is -1.36. The molecule has 1 N–H and O–H groups in total. The molecule has 0 bridgehead atoms. The quantitative estimate of drug-likeness (QED) is 0.838. The first-order chi connectivity index (χ1) is 7.30. The van der Waals surface area contributed by atoms with Crippen LogP contribution in [0.5, 0.6) is 0 Å². The highest BCUT2D eigenvalue weighted by Crippen LogP contribution is 2.22. The maximum Gasteiger partial charge on any atom is 0.159 e. The van der Waals surface area contributed by atoms with Crippen molar-refractivity contribution in [2.75, 3.05) is 0 Å². The van der Waals surface area contributed by atoms with Crippen molar-refractivity contribution in [1.29, 1.82) is 0 Å². The van der Waals surface area contributed by atoms with Crippen LogP contribution in [0, 0.1) is 17.6 Å². The molecule has 0 aliphatic heterocycles. The molecular formula is C13H18F2O. The van der Waals surface area contributed by atoms with E-state index in [1.54, 1.807) is 6.92 Å². The van der Waals surface area contributed by atoms with E-state index in [-0.39, 0.29) is 0 Å². The molecule has 1 atom stereocenters. The zero-order valence-electron chi connectivity index (χ0n) is 9.93. The molecule has 0 amide bonds. The van der Waals surface area contributed by atoms with Gasteiger partial charge < -0.3 is 5.11 Å². The van der Waals surface area contributed by atoms with Gasteiger partial charge in [0.05, 0.1) is 5.60 Å². The standard InChI is InChI=1S/C13H18F2O/c1-9(2)7-13(3,16)8-10-4-5-11(14)12(15)6-10/h4-6,9,16H,7-8H2,1-3H3. The van der Waals surface area contributed by atoms with Gasteiger partial charge in [0, 0.05) is 6.42 Å². The lowest BCUT2D eigenvalue weighted by molar-refractivity contribution is 0.0387. The average molecular weight is 228 g/mol. The van der Waals surface area contributed by atoms with E-state index in [9.17, 15) is 13.9 Å².